The van der Waals surface area contributed by atoms with Gasteiger partial charge in [-0.05, 0) is 62.6 Å². The molecule has 0 fully saturated rings. The van der Waals surface area contributed by atoms with Gasteiger partial charge in [0.15, 0.2) is 0 Å². The molecular formula is C32H40ClN3O5S. The van der Waals surface area contributed by atoms with E-state index in [0.29, 0.717) is 22.9 Å². The molecule has 3 aromatic carbocycles. The molecule has 0 aromatic heterocycles. The van der Waals surface area contributed by atoms with Crippen LogP contribution in [0.4, 0.5) is 5.69 Å². The van der Waals surface area contributed by atoms with Crippen molar-refractivity contribution in [3.05, 3.63) is 95.0 Å². The minimum Gasteiger partial charge on any atom is -0.497 e. The summed E-state index contributed by atoms with van der Waals surface area (Å²) >= 11 is 6.10. The first-order valence-corrected chi connectivity index (χ1v) is 16.0. The zero-order chi connectivity index (χ0) is 30.9. The van der Waals surface area contributed by atoms with Crippen LogP contribution in [0.25, 0.3) is 0 Å². The number of nitrogens with one attached hydrogen (secondary N) is 1. The summed E-state index contributed by atoms with van der Waals surface area (Å²) in [5, 5.41) is 3.61. The minimum absolute atomic E-state index is 0.0394. The van der Waals surface area contributed by atoms with E-state index in [9.17, 15) is 18.0 Å². The SMILES string of the molecule is COc1cccc(N(CCCC(=O)N(Cc2ccc(Cl)cc2)[C@H](Cc2ccccc2)C(=O)NC(C)(C)C)S(C)(=O)=O)c1. The first-order chi connectivity index (χ1) is 19.8. The highest BCUT2D eigenvalue weighted by atomic mass is 35.5. The van der Waals surface area contributed by atoms with Crippen LogP contribution in [0, 0.1) is 0 Å². The van der Waals surface area contributed by atoms with Crippen LogP contribution in [0.1, 0.15) is 44.7 Å². The van der Waals surface area contributed by atoms with Crippen molar-refractivity contribution < 1.29 is 22.7 Å². The number of carbonyl (C=O) groups is 2. The van der Waals surface area contributed by atoms with Crippen molar-refractivity contribution >= 4 is 39.1 Å². The van der Waals surface area contributed by atoms with Crippen LogP contribution in [0.15, 0.2) is 78.9 Å². The zero-order valence-corrected chi connectivity index (χ0v) is 26.4. The monoisotopic (exact) mass is 613 g/mol. The smallest absolute Gasteiger partial charge is 0.243 e. The summed E-state index contributed by atoms with van der Waals surface area (Å²) in [6, 6.07) is 22.7. The van der Waals surface area contributed by atoms with Crippen molar-refractivity contribution in [2.75, 3.05) is 24.2 Å². The largest absolute Gasteiger partial charge is 0.497 e. The maximum atomic E-state index is 13.9. The number of amides is 2. The molecule has 0 heterocycles. The van der Waals surface area contributed by atoms with E-state index in [1.165, 1.54) is 11.4 Å². The Kier molecular flexibility index (Phi) is 11.4. The highest BCUT2D eigenvalue weighted by Gasteiger charge is 2.32. The molecule has 0 spiro atoms. The van der Waals surface area contributed by atoms with Gasteiger partial charge in [0, 0.05) is 42.6 Å². The van der Waals surface area contributed by atoms with Crippen LogP contribution >= 0.6 is 11.6 Å². The lowest BCUT2D eigenvalue weighted by Crippen LogP contribution is -2.54. The summed E-state index contributed by atoms with van der Waals surface area (Å²) in [6.07, 6.45) is 1.74. The summed E-state index contributed by atoms with van der Waals surface area (Å²) < 4.78 is 31.9. The average molecular weight is 614 g/mol. The molecule has 42 heavy (non-hydrogen) atoms. The predicted molar refractivity (Wildman–Crippen MR) is 168 cm³/mol. The number of sulfonamides is 1. The molecule has 0 aliphatic carbocycles. The second-order valence-corrected chi connectivity index (χ2v) is 13.6. The van der Waals surface area contributed by atoms with E-state index in [1.807, 2.05) is 63.2 Å². The maximum Gasteiger partial charge on any atom is 0.243 e. The number of methoxy groups -OCH3 is 1. The van der Waals surface area contributed by atoms with Crippen LogP contribution in [-0.2, 0) is 32.6 Å². The molecule has 3 aromatic rings. The molecule has 2 amide bonds. The number of hydrogen-bond acceptors (Lipinski definition) is 5. The third-order valence-electron chi connectivity index (χ3n) is 6.53. The molecule has 226 valence electrons. The fourth-order valence-electron chi connectivity index (χ4n) is 4.56. The van der Waals surface area contributed by atoms with Gasteiger partial charge in [0.1, 0.15) is 11.8 Å². The van der Waals surface area contributed by atoms with Crippen molar-refractivity contribution in [2.24, 2.45) is 0 Å². The molecule has 0 saturated heterocycles. The Morgan fingerprint density at radius 1 is 0.952 bits per heavy atom. The van der Waals surface area contributed by atoms with Crippen LogP contribution < -0.4 is 14.4 Å². The van der Waals surface area contributed by atoms with E-state index in [1.54, 1.807) is 41.3 Å². The molecule has 8 nitrogen and oxygen atoms in total. The lowest BCUT2D eigenvalue weighted by atomic mass is 10.00. The lowest BCUT2D eigenvalue weighted by Gasteiger charge is -2.34. The molecule has 1 atom stereocenters. The Hall–Kier alpha value is -3.56. The van der Waals surface area contributed by atoms with Crippen molar-refractivity contribution in [3.63, 3.8) is 0 Å². The number of carbonyl (C=O) groups excluding carboxylic acids is 2. The zero-order valence-electron chi connectivity index (χ0n) is 24.8. The Morgan fingerprint density at radius 2 is 1.62 bits per heavy atom. The van der Waals surface area contributed by atoms with Crippen molar-refractivity contribution in [1.82, 2.24) is 10.2 Å². The highest BCUT2D eigenvalue weighted by Crippen LogP contribution is 2.24. The summed E-state index contributed by atoms with van der Waals surface area (Å²) in [7, 11) is -2.11. The summed E-state index contributed by atoms with van der Waals surface area (Å²) in [5.74, 6) is 0.0109. The van der Waals surface area contributed by atoms with Gasteiger partial charge in [0.25, 0.3) is 0 Å². The van der Waals surface area contributed by atoms with Gasteiger partial charge in [-0.2, -0.15) is 0 Å². The Morgan fingerprint density at radius 3 is 2.21 bits per heavy atom. The van der Waals surface area contributed by atoms with Crippen LogP contribution in [0.3, 0.4) is 0 Å². The fraction of sp³-hybridized carbons (Fsp3) is 0.375. The molecule has 0 unspecified atom stereocenters. The number of nitrogens with zero attached hydrogens (tertiary/aromatic N) is 2. The van der Waals surface area contributed by atoms with Crippen LogP contribution in [-0.4, -0.2) is 56.6 Å². The normalized spacial score (nSPS) is 12.3. The molecule has 0 aliphatic heterocycles. The average Bonchev–Trinajstić information content (AvgIpc) is 2.92. The molecule has 0 aliphatic rings. The topological polar surface area (TPSA) is 96.0 Å². The van der Waals surface area contributed by atoms with Crippen LogP contribution in [0.2, 0.25) is 5.02 Å². The number of ether oxygens (including phenoxy) is 1. The number of halogens is 1. The minimum atomic E-state index is -3.63. The van der Waals surface area contributed by atoms with Gasteiger partial charge in [0.05, 0.1) is 19.1 Å². The third kappa shape index (κ3) is 10.1. The standard InChI is InChI=1S/C32H40ClN3O5S/c1-32(2,3)34-31(38)29(21-24-11-7-6-8-12-24)35(23-25-16-18-26(33)19-17-25)30(37)15-10-20-36(42(5,39)40)27-13-9-14-28(22-27)41-4/h6-9,11-14,16-19,22,29H,10,15,20-21,23H2,1-5H3,(H,34,38)/t29-/m1/s1. The second kappa shape index (κ2) is 14.6. The molecule has 0 saturated carbocycles. The van der Waals surface area contributed by atoms with Crippen LogP contribution in [0.5, 0.6) is 5.75 Å². The van der Waals surface area contributed by atoms with Gasteiger partial charge in [-0.1, -0.05) is 60.1 Å². The predicted octanol–water partition coefficient (Wildman–Crippen LogP) is 5.45. The lowest BCUT2D eigenvalue weighted by molar-refractivity contribution is -0.142. The molecular weight excluding hydrogens is 574 g/mol. The molecule has 3 rings (SSSR count). The third-order valence-corrected chi connectivity index (χ3v) is 7.97. The molecule has 1 N–H and O–H groups in total. The van der Waals surface area contributed by atoms with E-state index in [4.69, 9.17) is 16.3 Å². The quantitative estimate of drug-likeness (QED) is 0.277. The van der Waals surface area contributed by atoms with E-state index in [0.717, 1.165) is 17.4 Å². The Bertz CT molecular complexity index is 1440. The summed E-state index contributed by atoms with van der Waals surface area (Å²) in [4.78, 5) is 29.2. The first-order valence-electron chi connectivity index (χ1n) is 13.8. The van der Waals surface area contributed by atoms with Gasteiger partial charge < -0.3 is 15.0 Å². The van der Waals surface area contributed by atoms with E-state index in [2.05, 4.69) is 5.32 Å². The fourth-order valence-corrected chi connectivity index (χ4v) is 5.65. The Labute approximate surface area is 254 Å². The molecule has 0 bridgehead atoms. The van der Waals surface area contributed by atoms with Crippen molar-refractivity contribution in [1.29, 1.82) is 0 Å². The van der Waals surface area contributed by atoms with Gasteiger partial charge in [-0.25, -0.2) is 8.42 Å². The number of benzene rings is 3. The maximum absolute atomic E-state index is 13.9. The van der Waals surface area contributed by atoms with E-state index >= 15 is 0 Å². The summed E-state index contributed by atoms with van der Waals surface area (Å²) in [5.41, 5.74) is 1.69. The van der Waals surface area contributed by atoms with Gasteiger partial charge in [-0.15, -0.1) is 0 Å². The second-order valence-electron chi connectivity index (χ2n) is 11.2. The van der Waals surface area contributed by atoms with Crippen molar-refractivity contribution in [3.8, 4) is 5.75 Å². The molecule has 0 radical (unpaired) electrons. The van der Waals surface area contributed by atoms with Gasteiger partial charge in [-0.3, -0.25) is 13.9 Å². The number of hydrogen-bond donors (Lipinski definition) is 1. The first kappa shape index (κ1) is 32.9. The highest BCUT2D eigenvalue weighted by molar-refractivity contribution is 7.92. The molecule has 10 heteroatoms. The summed E-state index contributed by atoms with van der Waals surface area (Å²) in [6.45, 7) is 5.97. The van der Waals surface area contributed by atoms with Crippen molar-refractivity contribution in [2.45, 2.75) is 58.2 Å². The Balaban J connectivity index is 1.90. The van der Waals surface area contributed by atoms with E-state index < -0.39 is 21.6 Å². The van der Waals surface area contributed by atoms with Gasteiger partial charge >= 0.3 is 0 Å². The van der Waals surface area contributed by atoms with Gasteiger partial charge in [0.2, 0.25) is 21.8 Å². The number of anilines is 1. The van der Waals surface area contributed by atoms with E-state index in [-0.39, 0.29) is 37.7 Å². The number of rotatable bonds is 13.